The van der Waals surface area contributed by atoms with Crippen LogP contribution >= 0.6 is 11.6 Å². The molecule has 0 saturated carbocycles. The van der Waals surface area contributed by atoms with Crippen molar-refractivity contribution in [1.29, 1.82) is 0 Å². The van der Waals surface area contributed by atoms with Crippen molar-refractivity contribution >= 4 is 29.3 Å². The lowest BCUT2D eigenvalue weighted by Crippen LogP contribution is -2.24. The average Bonchev–Trinajstić information content (AvgIpc) is 3.22. The molecule has 0 unspecified atom stereocenters. The van der Waals surface area contributed by atoms with Crippen molar-refractivity contribution in [3.8, 4) is 11.3 Å². The zero-order valence-corrected chi connectivity index (χ0v) is 14.4. The molecule has 2 N–H and O–H groups in total. The molecule has 1 aromatic carbocycles. The number of carboxylic acid groups (broad SMARTS) is 1. The second-order valence-corrected chi connectivity index (χ2v) is 6.49. The Kier molecular flexibility index (Phi) is 3.81. The number of hydrogen-bond acceptors (Lipinski definition) is 4. The van der Waals surface area contributed by atoms with Crippen LogP contribution in [0.2, 0.25) is 5.02 Å². The van der Waals surface area contributed by atoms with Crippen LogP contribution in [0.1, 0.15) is 34.0 Å². The molecular weight excluding hydrogens is 358 g/mol. The number of nitrogens with zero attached hydrogens (tertiary/aromatic N) is 2. The Bertz CT molecular complexity index is 1040. The van der Waals surface area contributed by atoms with Crippen LogP contribution in [-0.2, 0) is 11.8 Å². The monoisotopic (exact) mass is 371 g/mol. The molecular formula is C18H14ClN3O4. The number of aromatic carboxylic acids is 1. The summed E-state index contributed by atoms with van der Waals surface area (Å²) in [5, 5.41) is 16.6. The van der Waals surface area contributed by atoms with E-state index in [9.17, 15) is 9.59 Å². The Morgan fingerprint density at radius 2 is 2.19 bits per heavy atom. The number of aromatic nitrogens is 2. The number of carbonyl (C=O) groups is 2. The number of hydrogen-bond donors (Lipinski definition) is 2. The summed E-state index contributed by atoms with van der Waals surface area (Å²) in [6.07, 6.45) is 1.95. The molecule has 8 heteroatoms. The van der Waals surface area contributed by atoms with Crippen molar-refractivity contribution in [1.82, 2.24) is 9.78 Å². The molecule has 1 aliphatic rings. The first-order valence-electron chi connectivity index (χ1n) is 7.88. The van der Waals surface area contributed by atoms with Gasteiger partial charge in [0.25, 0.3) is 0 Å². The second-order valence-electron chi connectivity index (χ2n) is 6.08. The molecule has 1 amide bonds. The maximum atomic E-state index is 12.0. The molecule has 0 radical (unpaired) electrons. The molecule has 0 saturated heterocycles. The Hall–Kier alpha value is -3.06. The van der Waals surface area contributed by atoms with Gasteiger partial charge in [-0.2, -0.15) is 5.10 Å². The van der Waals surface area contributed by atoms with Crippen molar-refractivity contribution in [3.63, 3.8) is 0 Å². The van der Waals surface area contributed by atoms with Gasteiger partial charge in [-0.15, -0.1) is 0 Å². The van der Waals surface area contributed by atoms with E-state index in [0.29, 0.717) is 27.9 Å². The van der Waals surface area contributed by atoms with Crippen LogP contribution in [0.4, 0.5) is 5.82 Å². The highest BCUT2D eigenvalue weighted by Gasteiger charge is 2.31. The number of halogens is 1. The lowest BCUT2D eigenvalue weighted by atomic mass is 9.92. The Balaban J connectivity index is 1.75. The first-order chi connectivity index (χ1) is 12.4. The van der Waals surface area contributed by atoms with Crippen LogP contribution in [0.25, 0.3) is 11.3 Å². The van der Waals surface area contributed by atoms with Crippen LogP contribution in [-0.4, -0.2) is 26.8 Å². The molecule has 2 aromatic heterocycles. The Labute approximate surface area is 153 Å². The molecule has 0 fully saturated rings. The Morgan fingerprint density at radius 1 is 1.38 bits per heavy atom. The molecule has 0 spiro atoms. The van der Waals surface area contributed by atoms with Gasteiger partial charge in [0.05, 0.1) is 22.7 Å². The number of nitrogens with one attached hydrogen (secondary N) is 1. The third-order valence-electron chi connectivity index (χ3n) is 4.44. The fraction of sp³-hybridized carbons (Fsp3) is 0.167. The van der Waals surface area contributed by atoms with E-state index in [-0.39, 0.29) is 23.8 Å². The summed E-state index contributed by atoms with van der Waals surface area (Å²) in [7, 11) is 1.76. The highest BCUT2D eigenvalue weighted by Crippen LogP contribution is 2.39. The molecule has 3 aromatic rings. The van der Waals surface area contributed by atoms with Crippen molar-refractivity contribution in [2.24, 2.45) is 7.05 Å². The summed E-state index contributed by atoms with van der Waals surface area (Å²) in [5.41, 5.74) is 1.48. The SMILES string of the molecule is Cn1ncc2c1NC(=O)C[C@H]2c1ccc(-c2cc(C(=O)O)ccc2Cl)o1. The largest absolute Gasteiger partial charge is 0.478 e. The van der Waals surface area contributed by atoms with Gasteiger partial charge in [0.2, 0.25) is 5.91 Å². The number of carboxylic acids is 1. The molecule has 3 heterocycles. The molecule has 4 rings (SSSR count). The number of amides is 1. The van der Waals surface area contributed by atoms with Gasteiger partial charge in [-0.25, -0.2) is 4.79 Å². The smallest absolute Gasteiger partial charge is 0.335 e. The molecule has 0 aliphatic carbocycles. The van der Waals surface area contributed by atoms with Gasteiger partial charge in [0, 0.05) is 24.6 Å². The van der Waals surface area contributed by atoms with E-state index in [4.69, 9.17) is 21.1 Å². The highest BCUT2D eigenvalue weighted by atomic mass is 35.5. The van der Waals surface area contributed by atoms with Crippen molar-refractivity contribution in [3.05, 3.63) is 58.4 Å². The minimum absolute atomic E-state index is 0.116. The number of benzene rings is 1. The highest BCUT2D eigenvalue weighted by molar-refractivity contribution is 6.33. The first kappa shape index (κ1) is 16.4. The van der Waals surface area contributed by atoms with E-state index in [1.54, 1.807) is 30.1 Å². The molecule has 7 nitrogen and oxygen atoms in total. The minimum Gasteiger partial charge on any atom is -0.478 e. The topological polar surface area (TPSA) is 97.4 Å². The number of rotatable bonds is 3. The number of fused-ring (bicyclic) bond motifs is 1. The zero-order valence-electron chi connectivity index (χ0n) is 13.7. The quantitative estimate of drug-likeness (QED) is 0.734. The number of anilines is 1. The molecule has 26 heavy (non-hydrogen) atoms. The summed E-state index contributed by atoms with van der Waals surface area (Å²) in [6, 6.07) is 7.93. The van der Waals surface area contributed by atoms with E-state index in [2.05, 4.69) is 10.4 Å². The summed E-state index contributed by atoms with van der Waals surface area (Å²) >= 11 is 6.21. The maximum absolute atomic E-state index is 12.0. The summed E-state index contributed by atoms with van der Waals surface area (Å²) in [4.78, 5) is 23.2. The maximum Gasteiger partial charge on any atom is 0.335 e. The number of aryl methyl sites for hydroxylation is 1. The van der Waals surface area contributed by atoms with Crippen LogP contribution in [0.15, 0.2) is 40.9 Å². The van der Waals surface area contributed by atoms with E-state index in [1.807, 2.05) is 0 Å². The van der Waals surface area contributed by atoms with E-state index >= 15 is 0 Å². The van der Waals surface area contributed by atoms with Crippen molar-refractivity contribution < 1.29 is 19.1 Å². The standard InChI is InChI=1S/C18H14ClN3O4/c1-22-17-12(8-20-22)10(7-16(23)21-17)14-4-5-15(26-14)11-6-9(18(24)25)2-3-13(11)19/h2-6,8,10H,7H2,1H3,(H,21,23)(H,24,25)/t10-/m1/s1. The van der Waals surface area contributed by atoms with Gasteiger partial charge in [-0.05, 0) is 30.3 Å². The molecule has 1 aliphatic heterocycles. The van der Waals surface area contributed by atoms with Crippen LogP contribution in [0, 0.1) is 0 Å². The van der Waals surface area contributed by atoms with Crippen LogP contribution in [0.5, 0.6) is 0 Å². The third-order valence-corrected chi connectivity index (χ3v) is 4.77. The zero-order chi connectivity index (χ0) is 18.4. The van der Waals surface area contributed by atoms with Gasteiger partial charge < -0.3 is 14.8 Å². The third kappa shape index (κ3) is 2.66. The van der Waals surface area contributed by atoms with E-state index in [1.165, 1.54) is 18.2 Å². The minimum atomic E-state index is -1.04. The predicted octanol–water partition coefficient (Wildman–Crippen LogP) is 3.51. The number of carbonyl (C=O) groups excluding carboxylic acids is 1. The van der Waals surface area contributed by atoms with Crippen molar-refractivity contribution in [2.45, 2.75) is 12.3 Å². The molecule has 0 bridgehead atoms. The fourth-order valence-electron chi connectivity index (χ4n) is 3.13. The van der Waals surface area contributed by atoms with E-state index in [0.717, 1.165) is 5.56 Å². The molecule has 1 atom stereocenters. The van der Waals surface area contributed by atoms with Crippen molar-refractivity contribution in [2.75, 3.05) is 5.32 Å². The first-order valence-corrected chi connectivity index (χ1v) is 8.26. The summed E-state index contributed by atoms with van der Waals surface area (Å²) < 4.78 is 7.55. The second kappa shape index (κ2) is 6.03. The van der Waals surface area contributed by atoms with Gasteiger partial charge >= 0.3 is 5.97 Å². The fourth-order valence-corrected chi connectivity index (χ4v) is 3.34. The van der Waals surface area contributed by atoms with Gasteiger partial charge in [-0.1, -0.05) is 11.6 Å². The van der Waals surface area contributed by atoms with Crippen LogP contribution < -0.4 is 5.32 Å². The summed E-state index contributed by atoms with van der Waals surface area (Å²) in [6.45, 7) is 0. The van der Waals surface area contributed by atoms with E-state index < -0.39 is 5.97 Å². The number of furan rings is 1. The van der Waals surface area contributed by atoms with Gasteiger partial charge in [0.1, 0.15) is 17.3 Å². The van der Waals surface area contributed by atoms with Gasteiger partial charge in [-0.3, -0.25) is 9.48 Å². The van der Waals surface area contributed by atoms with Gasteiger partial charge in [0.15, 0.2) is 0 Å². The summed E-state index contributed by atoms with van der Waals surface area (Å²) in [5.74, 6) is 0.275. The molecule has 132 valence electrons. The lowest BCUT2D eigenvalue weighted by molar-refractivity contribution is -0.116. The normalized spacial score (nSPS) is 16.2. The lowest BCUT2D eigenvalue weighted by Gasteiger charge is -2.21. The van der Waals surface area contributed by atoms with Crippen LogP contribution in [0.3, 0.4) is 0 Å². The average molecular weight is 372 g/mol. The predicted molar refractivity (Wildman–Crippen MR) is 94.4 cm³/mol. The Morgan fingerprint density at radius 3 is 2.96 bits per heavy atom.